The monoisotopic (exact) mass is 223 g/mol. The molecule has 1 saturated heterocycles. The average molecular weight is 223 g/mol. The normalized spacial score (nSPS) is 28.6. The minimum absolute atomic E-state index is 0.0575. The molecule has 1 saturated carbocycles. The Labute approximate surface area is 97.2 Å². The van der Waals surface area contributed by atoms with Gasteiger partial charge in [0, 0.05) is 12.6 Å². The molecule has 0 radical (unpaired) electrons. The summed E-state index contributed by atoms with van der Waals surface area (Å²) in [5.41, 5.74) is 0.0651. The van der Waals surface area contributed by atoms with Crippen LogP contribution in [0.1, 0.15) is 44.9 Å². The Kier molecular flexibility index (Phi) is 3.64. The smallest absolute Gasteiger partial charge is 0.243 e. The summed E-state index contributed by atoms with van der Waals surface area (Å²) in [7, 11) is 0. The Morgan fingerprint density at radius 2 is 2.12 bits per heavy atom. The summed E-state index contributed by atoms with van der Waals surface area (Å²) in [6.45, 7) is 4.27. The Morgan fingerprint density at radius 1 is 1.38 bits per heavy atom. The van der Waals surface area contributed by atoms with E-state index in [0.717, 1.165) is 32.3 Å². The Morgan fingerprint density at radius 3 is 2.81 bits per heavy atom. The van der Waals surface area contributed by atoms with Crippen molar-refractivity contribution in [2.75, 3.05) is 6.61 Å². The fourth-order valence-electron chi connectivity index (χ4n) is 2.96. The second kappa shape index (κ2) is 5.00. The highest BCUT2D eigenvalue weighted by atomic mass is 16.5. The van der Waals surface area contributed by atoms with Gasteiger partial charge in [-0.05, 0) is 31.8 Å². The molecule has 0 aromatic carbocycles. The van der Waals surface area contributed by atoms with Crippen LogP contribution in [0.2, 0.25) is 0 Å². The summed E-state index contributed by atoms with van der Waals surface area (Å²) in [5, 5.41) is 3.00. The first-order valence-corrected chi connectivity index (χ1v) is 6.31. The molecule has 2 rings (SSSR count). The zero-order valence-corrected chi connectivity index (χ0v) is 9.84. The molecule has 1 unspecified atom stereocenters. The van der Waals surface area contributed by atoms with Crippen molar-refractivity contribution in [3.63, 3.8) is 0 Å². The van der Waals surface area contributed by atoms with Crippen molar-refractivity contribution in [2.24, 2.45) is 0 Å². The molecule has 3 nitrogen and oxygen atoms in total. The van der Waals surface area contributed by atoms with Crippen LogP contribution in [-0.2, 0) is 9.53 Å². The molecule has 1 N–H and O–H groups in total. The quantitative estimate of drug-likeness (QED) is 0.729. The second-order valence-corrected chi connectivity index (χ2v) is 4.99. The van der Waals surface area contributed by atoms with E-state index in [1.807, 2.05) is 0 Å². The maximum Gasteiger partial charge on any atom is 0.243 e. The third-order valence-electron chi connectivity index (χ3n) is 3.79. The van der Waals surface area contributed by atoms with Crippen LogP contribution in [0.4, 0.5) is 0 Å². The first-order chi connectivity index (χ1) is 7.74. The first-order valence-electron chi connectivity index (χ1n) is 6.31. The standard InChI is InChI=1S/C13H21NO2/c1-2-12(15)14-11-6-9-16-13(10-11)7-4-3-5-8-13/h2,11H,1,3-10H2,(H,14,15). The second-order valence-electron chi connectivity index (χ2n) is 4.99. The number of nitrogens with one attached hydrogen (secondary N) is 1. The van der Waals surface area contributed by atoms with Crippen molar-refractivity contribution in [1.82, 2.24) is 5.32 Å². The zero-order chi connectivity index (χ0) is 11.4. The maximum absolute atomic E-state index is 11.3. The van der Waals surface area contributed by atoms with Crippen LogP contribution in [-0.4, -0.2) is 24.2 Å². The number of carbonyl (C=O) groups is 1. The van der Waals surface area contributed by atoms with E-state index in [9.17, 15) is 4.79 Å². The van der Waals surface area contributed by atoms with Gasteiger partial charge in [-0.25, -0.2) is 0 Å². The van der Waals surface area contributed by atoms with Gasteiger partial charge in [-0.2, -0.15) is 0 Å². The number of ether oxygens (including phenoxy) is 1. The van der Waals surface area contributed by atoms with Gasteiger partial charge in [-0.3, -0.25) is 4.79 Å². The van der Waals surface area contributed by atoms with E-state index in [1.165, 1.54) is 25.3 Å². The molecule has 16 heavy (non-hydrogen) atoms. The zero-order valence-electron chi connectivity index (χ0n) is 9.84. The topological polar surface area (TPSA) is 38.3 Å². The van der Waals surface area contributed by atoms with Crippen LogP contribution in [0.25, 0.3) is 0 Å². The summed E-state index contributed by atoms with van der Waals surface area (Å²) in [4.78, 5) is 11.3. The summed E-state index contributed by atoms with van der Waals surface area (Å²) in [5.74, 6) is -0.0575. The number of hydrogen-bond donors (Lipinski definition) is 1. The molecule has 0 bridgehead atoms. The molecule has 0 aromatic rings. The number of amides is 1. The van der Waals surface area contributed by atoms with Crippen LogP contribution >= 0.6 is 0 Å². The molecule has 3 heteroatoms. The third-order valence-corrected chi connectivity index (χ3v) is 3.79. The van der Waals surface area contributed by atoms with E-state index in [0.29, 0.717) is 0 Å². The van der Waals surface area contributed by atoms with Crippen LogP contribution < -0.4 is 5.32 Å². The fourth-order valence-corrected chi connectivity index (χ4v) is 2.96. The van der Waals surface area contributed by atoms with Crippen LogP contribution in [0, 0.1) is 0 Å². The number of hydrogen-bond acceptors (Lipinski definition) is 2. The van der Waals surface area contributed by atoms with E-state index in [4.69, 9.17) is 4.74 Å². The SMILES string of the molecule is C=CC(=O)NC1CCOC2(CCCCC2)C1. The van der Waals surface area contributed by atoms with Crippen molar-refractivity contribution in [3.8, 4) is 0 Å². The average Bonchev–Trinajstić information content (AvgIpc) is 2.30. The summed E-state index contributed by atoms with van der Waals surface area (Å²) in [6, 6.07) is 0.275. The van der Waals surface area contributed by atoms with Gasteiger partial charge in [0.2, 0.25) is 5.91 Å². The summed E-state index contributed by atoms with van der Waals surface area (Å²) >= 11 is 0. The minimum Gasteiger partial charge on any atom is -0.375 e. The lowest BCUT2D eigenvalue weighted by Crippen LogP contribution is -2.49. The molecule has 1 aliphatic heterocycles. The molecule has 1 spiro atoms. The highest BCUT2D eigenvalue weighted by molar-refractivity contribution is 5.87. The van der Waals surface area contributed by atoms with E-state index in [2.05, 4.69) is 11.9 Å². The highest BCUT2D eigenvalue weighted by Gasteiger charge is 2.38. The fraction of sp³-hybridized carbons (Fsp3) is 0.769. The van der Waals surface area contributed by atoms with Gasteiger partial charge in [0.25, 0.3) is 0 Å². The van der Waals surface area contributed by atoms with Crippen molar-refractivity contribution in [1.29, 1.82) is 0 Å². The van der Waals surface area contributed by atoms with Gasteiger partial charge in [0.1, 0.15) is 0 Å². The Hall–Kier alpha value is -0.830. The molecular weight excluding hydrogens is 202 g/mol. The lowest BCUT2D eigenvalue weighted by molar-refractivity contribution is -0.124. The Balaban J connectivity index is 1.92. The molecule has 2 fully saturated rings. The molecule has 1 aliphatic carbocycles. The number of carbonyl (C=O) groups excluding carboxylic acids is 1. The van der Waals surface area contributed by atoms with Crippen molar-refractivity contribution >= 4 is 5.91 Å². The molecule has 1 amide bonds. The highest BCUT2D eigenvalue weighted by Crippen LogP contribution is 2.38. The van der Waals surface area contributed by atoms with Crippen molar-refractivity contribution in [3.05, 3.63) is 12.7 Å². The van der Waals surface area contributed by atoms with Crippen LogP contribution in [0.3, 0.4) is 0 Å². The predicted molar refractivity (Wildman–Crippen MR) is 63.1 cm³/mol. The van der Waals surface area contributed by atoms with Gasteiger partial charge >= 0.3 is 0 Å². The van der Waals surface area contributed by atoms with Gasteiger partial charge in [-0.1, -0.05) is 25.8 Å². The van der Waals surface area contributed by atoms with Gasteiger partial charge < -0.3 is 10.1 Å². The van der Waals surface area contributed by atoms with Crippen molar-refractivity contribution in [2.45, 2.75) is 56.6 Å². The molecular formula is C13H21NO2. The number of rotatable bonds is 2. The molecule has 1 heterocycles. The van der Waals surface area contributed by atoms with E-state index >= 15 is 0 Å². The summed E-state index contributed by atoms with van der Waals surface area (Å²) < 4.78 is 5.97. The first kappa shape index (κ1) is 11.6. The van der Waals surface area contributed by atoms with Crippen LogP contribution in [0.15, 0.2) is 12.7 Å². The molecule has 0 aromatic heterocycles. The third kappa shape index (κ3) is 2.64. The van der Waals surface area contributed by atoms with Crippen molar-refractivity contribution < 1.29 is 9.53 Å². The largest absolute Gasteiger partial charge is 0.375 e. The van der Waals surface area contributed by atoms with Gasteiger partial charge in [0.15, 0.2) is 0 Å². The lowest BCUT2D eigenvalue weighted by Gasteiger charge is -2.43. The molecule has 1 atom stereocenters. The van der Waals surface area contributed by atoms with Gasteiger partial charge in [-0.15, -0.1) is 0 Å². The minimum atomic E-state index is -0.0575. The van der Waals surface area contributed by atoms with E-state index in [1.54, 1.807) is 0 Å². The van der Waals surface area contributed by atoms with Gasteiger partial charge in [0.05, 0.1) is 5.60 Å². The molecule has 90 valence electrons. The lowest BCUT2D eigenvalue weighted by atomic mass is 9.78. The maximum atomic E-state index is 11.3. The van der Waals surface area contributed by atoms with Crippen LogP contribution in [0.5, 0.6) is 0 Å². The molecule has 2 aliphatic rings. The Bertz CT molecular complexity index is 264. The van der Waals surface area contributed by atoms with E-state index in [-0.39, 0.29) is 17.6 Å². The predicted octanol–water partition coefficient (Wildman–Crippen LogP) is 2.17. The summed E-state index contributed by atoms with van der Waals surface area (Å²) in [6.07, 6.45) is 9.44. The van der Waals surface area contributed by atoms with E-state index < -0.39 is 0 Å².